The maximum atomic E-state index is 13.5. The number of fused-ring (bicyclic) bond motifs is 1. The molecule has 1 unspecified atom stereocenters. The summed E-state index contributed by atoms with van der Waals surface area (Å²) in [6, 6.07) is 19.0. The van der Waals surface area contributed by atoms with Gasteiger partial charge in [0.15, 0.2) is 5.69 Å². The summed E-state index contributed by atoms with van der Waals surface area (Å²) in [4.78, 5) is 27.7. The van der Waals surface area contributed by atoms with Gasteiger partial charge in [-0.15, -0.1) is 0 Å². The molecule has 4 rings (SSSR count). The fourth-order valence-electron chi connectivity index (χ4n) is 4.07. The molecule has 2 N–H and O–H groups in total. The summed E-state index contributed by atoms with van der Waals surface area (Å²) in [7, 11) is 5.22. The van der Waals surface area contributed by atoms with Crippen LogP contribution in [0.5, 0.6) is 5.75 Å². The topological polar surface area (TPSA) is 92.2 Å². The van der Waals surface area contributed by atoms with Crippen molar-refractivity contribution in [3.05, 3.63) is 83.8 Å². The molecule has 2 aromatic carbocycles. The highest BCUT2D eigenvalue weighted by molar-refractivity contribution is 6.05. The van der Waals surface area contributed by atoms with E-state index in [0.29, 0.717) is 41.9 Å². The molecule has 1 atom stereocenters. The number of methoxy groups -OCH3 is 1. The van der Waals surface area contributed by atoms with Gasteiger partial charge in [-0.3, -0.25) is 14.7 Å². The number of hydrogen-bond donors (Lipinski definition) is 2. The average molecular weight is 460 g/mol. The molecule has 8 heteroatoms. The van der Waals surface area contributed by atoms with E-state index in [1.54, 1.807) is 29.7 Å². The van der Waals surface area contributed by atoms with Crippen LogP contribution >= 0.6 is 0 Å². The highest BCUT2D eigenvalue weighted by Crippen LogP contribution is 2.24. The van der Waals surface area contributed by atoms with Crippen molar-refractivity contribution in [2.24, 2.45) is 7.05 Å². The molecule has 34 heavy (non-hydrogen) atoms. The summed E-state index contributed by atoms with van der Waals surface area (Å²) in [6.45, 7) is 0.439. The quantitative estimate of drug-likeness (QED) is 0.401. The summed E-state index contributed by atoms with van der Waals surface area (Å²) in [6.07, 6.45) is 3.09. The van der Waals surface area contributed by atoms with Gasteiger partial charge in [0.25, 0.3) is 11.8 Å². The van der Waals surface area contributed by atoms with Crippen molar-refractivity contribution < 1.29 is 14.3 Å². The molecule has 2 amide bonds. The lowest BCUT2D eigenvalue weighted by molar-refractivity contribution is 0.0718. The third-order valence-corrected chi connectivity index (χ3v) is 6.09. The first-order valence-electron chi connectivity index (χ1n) is 11.2. The van der Waals surface area contributed by atoms with Gasteiger partial charge in [0.2, 0.25) is 0 Å². The predicted molar refractivity (Wildman–Crippen MR) is 131 cm³/mol. The van der Waals surface area contributed by atoms with Gasteiger partial charge in [-0.1, -0.05) is 30.3 Å². The lowest BCUT2D eigenvalue weighted by atomic mass is 10.0. The Morgan fingerprint density at radius 2 is 1.94 bits per heavy atom. The number of aromatic amines is 1. The molecule has 2 heterocycles. The van der Waals surface area contributed by atoms with Gasteiger partial charge < -0.3 is 19.5 Å². The number of nitrogens with one attached hydrogen (secondary N) is 2. The van der Waals surface area contributed by atoms with Gasteiger partial charge in [0, 0.05) is 38.3 Å². The van der Waals surface area contributed by atoms with Crippen molar-refractivity contribution in [1.82, 2.24) is 25.0 Å². The van der Waals surface area contributed by atoms with Gasteiger partial charge in [-0.2, -0.15) is 5.10 Å². The van der Waals surface area contributed by atoms with Gasteiger partial charge in [-0.25, -0.2) is 0 Å². The molecule has 0 radical (unpaired) electrons. The van der Waals surface area contributed by atoms with Gasteiger partial charge in [0.1, 0.15) is 11.4 Å². The van der Waals surface area contributed by atoms with E-state index in [4.69, 9.17) is 4.74 Å². The fraction of sp³-hybridized carbons (Fsp3) is 0.269. The Morgan fingerprint density at radius 1 is 1.15 bits per heavy atom. The van der Waals surface area contributed by atoms with E-state index in [9.17, 15) is 9.59 Å². The maximum Gasteiger partial charge on any atom is 0.274 e. The maximum absolute atomic E-state index is 13.5. The second kappa shape index (κ2) is 10.2. The number of rotatable bonds is 9. The zero-order chi connectivity index (χ0) is 24.1. The van der Waals surface area contributed by atoms with Crippen LogP contribution < -0.4 is 10.1 Å². The van der Waals surface area contributed by atoms with E-state index < -0.39 is 0 Å². The molecule has 8 nitrogen and oxygen atoms in total. The number of likely N-dealkylation sites (N-methyl/N-ethyl adjacent to an activating group) is 1. The number of hydrogen-bond acceptors (Lipinski definition) is 4. The van der Waals surface area contributed by atoms with Crippen molar-refractivity contribution in [2.75, 3.05) is 20.7 Å². The monoisotopic (exact) mass is 459 g/mol. The summed E-state index contributed by atoms with van der Waals surface area (Å²) in [5.41, 5.74) is 2.84. The largest absolute Gasteiger partial charge is 0.497 e. The number of benzene rings is 2. The van der Waals surface area contributed by atoms with Crippen molar-refractivity contribution in [2.45, 2.75) is 18.9 Å². The first-order valence-corrected chi connectivity index (χ1v) is 11.2. The van der Waals surface area contributed by atoms with Crippen molar-refractivity contribution in [3.8, 4) is 5.75 Å². The van der Waals surface area contributed by atoms with Crippen LogP contribution in [0.3, 0.4) is 0 Å². The van der Waals surface area contributed by atoms with E-state index in [1.807, 2.05) is 67.8 Å². The minimum Gasteiger partial charge on any atom is -0.497 e. The second-order valence-corrected chi connectivity index (χ2v) is 8.29. The Morgan fingerprint density at radius 3 is 2.65 bits per heavy atom. The standard InChI is InChI=1S/C26H29N5O3/c1-30-15-7-10-23(30)25(32)27-14-13-19(16-18-8-5-4-6-9-18)31(2)26(33)24-21-17-20(34-3)11-12-22(21)28-29-24/h4-12,15,17,19H,13-14,16H2,1-3H3,(H,27,32)(H,28,29). The Hall–Kier alpha value is -4.07. The van der Waals surface area contributed by atoms with Crippen LogP contribution in [-0.4, -0.2) is 58.2 Å². The first kappa shape index (κ1) is 23.1. The van der Waals surface area contributed by atoms with E-state index >= 15 is 0 Å². The molecule has 0 fully saturated rings. The number of carbonyl (C=O) groups excluding carboxylic acids is 2. The third kappa shape index (κ3) is 4.96. The minimum atomic E-state index is -0.186. The molecule has 0 aliphatic heterocycles. The van der Waals surface area contributed by atoms with Crippen molar-refractivity contribution in [3.63, 3.8) is 0 Å². The number of aryl methyl sites for hydroxylation is 1. The Bertz CT molecular complexity index is 1280. The van der Waals surface area contributed by atoms with Gasteiger partial charge >= 0.3 is 0 Å². The SMILES string of the molecule is COc1ccc2[nH]nc(C(=O)N(C)C(CCNC(=O)c3cccn3C)Cc3ccccc3)c2c1. The van der Waals surface area contributed by atoms with Crippen LogP contribution in [0.2, 0.25) is 0 Å². The minimum absolute atomic E-state index is 0.134. The molecular formula is C26H29N5O3. The van der Waals surface area contributed by atoms with Crippen molar-refractivity contribution >= 4 is 22.7 Å². The molecule has 0 saturated heterocycles. The fourth-order valence-corrected chi connectivity index (χ4v) is 4.07. The molecule has 0 aliphatic carbocycles. The molecule has 0 bridgehead atoms. The third-order valence-electron chi connectivity index (χ3n) is 6.09. The Labute approximate surface area is 198 Å². The van der Waals surface area contributed by atoms with Crippen LogP contribution in [0.1, 0.15) is 33.0 Å². The summed E-state index contributed by atoms with van der Waals surface area (Å²) in [5, 5.41) is 10.9. The molecule has 176 valence electrons. The number of H-pyrrole nitrogens is 1. The lowest BCUT2D eigenvalue weighted by Crippen LogP contribution is -2.41. The molecule has 4 aromatic rings. The van der Waals surface area contributed by atoms with E-state index in [2.05, 4.69) is 15.5 Å². The Kier molecular flexibility index (Phi) is 6.96. The molecule has 2 aromatic heterocycles. The molecular weight excluding hydrogens is 430 g/mol. The summed E-state index contributed by atoms with van der Waals surface area (Å²) < 4.78 is 7.10. The average Bonchev–Trinajstić information content (AvgIpc) is 3.48. The number of amides is 2. The Balaban J connectivity index is 1.52. The number of aromatic nitrogens is 3. The van der Waals surface area contributed by atoms with E-state index in [1.165, 1.54) is 0 Å². The highest BCUT2D eigenvalue weighted by Gasteiger charge is 2.25. The van der Waals surface area contributed by atoms with Crippen LogP contribution in [0.4, 0.5) is 0 Å². The predicted octanol–water partition coefficient (Wildman–Crippen LogP) is 3.41. The van der Waals surface area contributed by atoms with Gasteiger partial charge in [0.05, 0.1) is 12.6 Å². The van der Waals surface area contributed by atoms with Crippen LogP contribution in [-0.2, 0) is 13.5 Å². The van der Waals surface area contributed by atoms with Crippen LogP contribution in [0.25, 0.3) is 10.9 Å². The van der Waals surface area contributed by atoms with E-state index in [-0.39, 0.29) is 17.9 Å². The normalized spacial score (nSPS) is 11.9. The van der Waals surface area contributed by atoms with Crippen LogP contribution in [0.15, 0.2) is 66.9 Å². The second-order valence-electron chi connectivity index (χ2n) is 8.29. The highest BCUT2D eigenvalue weighted by atomic mass is 16.5. The van der Waals surface area contributed by atoms with Crippen LogP contribution in [0, 0.1) is 0 Å². The zero-order valence-corrected chi connectivity index (χ0v) is 19.6. The smallest absolute Gasteiger partial charge is 0.274 e. The molecule has 0 spiro atoms. The number of carbonyl (C=O) groups is 2. The zero-order valence-electron chi connectivity index (χ0n) is 19.6. The van der Waals surface area contributed by atoms with E-state index in [0.717, 1.165) is 11.1 Å². The molecule has 0 saturated carbocycles. The summed E-state index contributed by atoms with van der Waals surface area (Å²) >= 11 is 0. The first-order chi connectivity index (χ1) is 16.5. The molecule has 0 aliphatic rings. The lowest BCUT2D eigenvalue weighted by Gasteiger charge is -2.28. The van der Waals surface area contributed by atoms with Crippen molar-refractivity contribution in [1.29, 1.82) is 0 Å². The number of ether oxygens (including phenoxy) is 1. The van der Waals surface area contributed by atoms with Gasteiger partial charge in [-0.05, 0) is 48.7 Å². The number of nitrogens with zero attached hydrogens (tertiary/aromatic N) is 3. The summed E-state index contributed by atoms with van der Waals surface area (Å²) in [5.74, 6) is 0.342.